The zero-order valence-corrected chi connectivity index (χ0v) is 19.3. The van der Waals surface area contributed by atoms with E-state index in [0.29, 0.717) is 0 Å². The molecule has 0 aliphatic heterocycles. The van der Waals surface area contributed by atoms with E-state index in [9.17, 15) is 13.2 Å². The van der Waals surface area contributed by atoms with Crippen LogP contribution in [0.4, 0.5) is 0 Å². The predicted octanol–water partition coefficient (Wildman–Crippen LogP) is 4.20. The number of carbonyl (C=O) groups is 1. The molecule has 168 valence electrons. The Kier molecular flexibility index (Phi) is 7.73. The van der Waals surface area contributed by atoms with E-state index in [4.69, 9.17) is 4.74 Å². The van der Waals surface area contributed by atoms with Gasteiger partial charge in [0.25, 0.3) is 0 Å². The summed E-state index contributed by atoms with van der Waals surface area (Å²) in [7, 11) is -2.16. The number of ether oxygens (including phenoxy) is 1. The van der Waals surface area contributed by atoms with Crippen molar-refractivity contribution in [2.24, 2.45) is 0 Å². The van der Waals surface area contributed by atoms with Gasteiger partial charge in [-0.1, -0.05) is 49.1 Å². The van der Waals surface area contributed by atoms with Gasteiger partial charge in [-0.05, 0) is 56.5 Å². The molecule has 1 saturated carbocycles. The fourth-order valence-corrected chi connectivity index (χ4v) is 5.67. The van der Waals surface area contributed by atoms with E-state index >= 15 is 0 Å². The lowest BCUT2D eigenvalue weighted by Gasteiger charge is -2.33. The number of benzene rings is 2. The molecule has 0 spiro atoms. The Hall–Kier alpha value is -2.38. The Bertz CT molecular complexity index is 966. The van der Waals surface area contributed by atoms with Crippen LogP contribution in [0, 0.1) is 6.92 Å². The van der Waals surface area contributed by atoms with Crippen LogP contribution >= 0.6 is 0 Å². The molecule has 0 aromatic heterocycles. The lowest BCUT2D eigenvalue weighted by Crippen LogP contribution is -2.47. The molecule has 0 bridgehead atoms. The molecule has 1 fully saturated rings. The van der Waals surface area contributed by atoms with Gasteiger partial charge in [-0.3, -0.25) is 4.79 Å². The highest BCUT2D eigenvalue weighted by molar-refractivity contribution is 7.89. The number of aryl methyl sites for hydroxylation is 1. The Morgan fingerprint density at radius 3 is 2.26 bits per heavy atom. The van der Waals surface area contributed by atoms with Crippen molar-refractivity contribution in [3.05, 3.63) is 59.7 Å². The summed E-state index contributed by atoms with van der Waals surface area (Å²) >= 11 is 0. The van der Waals surface area contributed by atoms with Crippen LogP contribution in [0.3, 0.4) is 0 Å². The Labute approximate surface area is 185 Å². The zero-order chi connectivity index (χ0) is 22.4. The number of hydrogen-bond acceptors (Lipinski definition) is 4. The normalized spacial score (nSPS) is 16.1. The summed E-state index contributed by atoms with van der Waals surface area (Å²) in [6.45, 7) is 3.63. The summed E-state index contributed by atoms with van der Waals surface area (Å²) in [4.78, 5) is 13.1. The average molecular weight is 445 g/mol. The molecule has 7 heteroatoms. The topological polar surface area (TPSA) is 75.7 Å². The predicted molar refractivity (Wildman–Crippen MR) is 121 cm³/mol. The summed E-state index contributed by atoms with van der Waals surface area (Å²) < 4.78 is 33.5. The van der Waals surface area contributed by atoms with Crippen LogP contribution in [0.2, 0.25) is 0 Å². The van der Waals surface area contributed by atoms with Crippen LogP contribution in [-0.4, -0.2) is 38.3 Å². The monoisotopic (exact) mass is 444 g/mol. The first-order valence-corrected chi connectivity index (χ1v) is 12.3. The average Bonchev–Trinajstić information content (AvgIpc) is 2.78. The van der Waals surface area contributed by atoms with Crippen molar-refractivity contribution >= 4 is 15.9 Å². The van der Waals surface area contributed by atoms with E-state index in [0.717, 1.165) is 49.0 Å². The van der Waals surface area contributed by atoms with Gasteiger partial charge in [-0.2, -0.15) is 4.31 Å². The molecular formula is C24H32N2O4S. The molecule has 1 aliphatic carbocycles. The number of amides is 1. The Morgan fingerprint density at radius 2 is 1.68 bits per heavy atom. The number of methoxy groups -OCH3 is 1. The van der Waals surface area contributed by atoms with Crippen molar-refractivity contribution in [2.75, 3.05) is 13.7 Å². The molecule has 2 aromatic rings. The van der Waals surface area contributed by atoms with E-state index in [1.165, 1.54) is 4.31 Å². The van der Waals surface area contributed by atoms with Gasteiger partial charge in [-0.15, -0.1) is 0 Å². The van der Waals surface area contributed by atoms with E-state index in [1.807, 2.05) is 38.1 Å². The molecule has 1 amide bonds. The van der Waals surface area contributed by atoms with Crippen molar-refractivity contribution in [1.29, 1.82) is 0 Å². The fraction of sp³-hybridized carbons (Fsp3) is 0.458. The van der Waals surface area contributed by atoms with Crippen molar-refractivity contribution < 1.29 is 17.9 Å². The largest absolute Gasteiger partial charge is 0.497 e. The highest BCUT2D eigenvalue weighted by atomic mass is 32.2. The van der Waals surface area contributed by atoms with Crippen molar-refractivity contribution in [3.63, 3.8) is 0 Å². The van der Waals surface area contributed by atoms with E-state index < -0.39 is 10.0 Å². The number of nitrogens with one attached hydrogen (secondary N) is 1. The quantitative estimate of drug-likeness (QED) is 0.662. The first-order chi connectivity index (χ1) is 14.8. The minimum absolute atomic E-state index is 0.151. The lowest BCUT2D eigenvalue weighted by molar-refractivity contribution is -0.122. The molecule has 0 heterocycles. The van der Waals surface area contributed by atoms with E-state index in [-0.39, 0.29) is 29.4 Å². The maximum absolute atomic E-state index is 13.4. The Balaban J connectivity index is 1.77. The second-order valence-corrected chi connectivity index (χ2v) is 10.1. The van der Waals surface area contributed by atoms with Gasteiger partial charge in [-0.25, -0.2) is 8.42 Å². The van der Waals surface area contributed by atoms with Gasteiger partial charge >= 0.3 is 0 Å². The highest BCUT2D eigenvalue weighted by Gasteiger charge is 2.34. The van der Waals surface area contributed by atoms with Crippen molar-refractivity contribution in [2.45, 2.75) is 62.9 Å². The van der Waals surface area contributed by atoms with Crippen LogP contribution < -0.4 is 10.1 Å². The third kappa shape index (κ3) is 5.86. The van der Waals surface area contributed by atoms with Crippen LogP contribution in [0.1, 0.15) is 56.2 Å². The summed E-state index contributed by atoms with van der Waals surface area (Å²) in [5, 5.41) is 2.95. The molecule has 6 nitrogen and oxygen atoms in total. The highest BCUT2D eigenvalue weighted by Crippen LogP contribution is 2.28. The molecule has 3 rings (SSSR count). The molecule has 1 unspecified atom stereocenters. The van der Waals surface area contributed by atoms with Crippen LogP contribution in [0.15, 0.2) is 53.4 Å². The molecule has 31 heavy (non-hydrogen) atoms. The Morgan fingerprint density at radius 1 is 1.06 bits per heavy atom. The van der Waals surface area contributed by atoms with Crippen molar-refractivity contribution in [1.82, 2.24) is 9.62 Å². The fourth-order valence-electron chi connectivity index (χ4n) is 4.03. The van der Waals surface area contributed by atoms with Gasteiger partial charge in [0.05, 0.1) is 24.6 Å². The number of rotatable bonds is 8. The van der Waals surface area contributed by atoms with Gasteiger partial charge < -0.3 is 10.1 Å². The standard InChI is InChI=1S/C24H32N2O4S/c1-18-9-15-23(16-10-18)31(28,29)26(21-7-5-4-6-8-21)17-24(27)25-19(2)20-11-13-22(30-3)14-12-20/h9-16,19,21H,4-8,17H2,1-3H3,(H,25,27). The SMILES string of the molecule is COc1ccc(C(C)NC(=O)CN(C2CCCCC2)S(=O)(=O)c2ccc(C)cc2)cc1. The smallest absolute Gasteiger partial charge is 0.243 e. The number of carbonyl (C=O) groups excluding carboxylic acids is 1. The number of sulfonamides is 1. The molecule has 0 radical (unpaired) electrons. The second-order valence-electron chi connectivity index (χ2n) is 8.22. The van der Waals surface area contributed by atoms with E-state index in [1.54, 1.807) is 31.4 Å². The summed E-state index contributed by atoms with van der Waals surface area (Å²) in [5.41, 5.74) is 1.92. The van der Waals surface area contributed by atoms with Crippen molar-refractivity contribution in [3.8, 4) is 5.75 Å². The molecule has 1 atom stereocenters. The van der Waals surface area contributed by atoms with Crippen LogP contribution in [-0.2, 0) is 14.8 Å². The number of nitrogens with zero attached hydrogens (tertiary/aromatic N) is 1. The molecule has 2 aromatic carbocycles. The van der Waals surface area contributed by atoms with Gasteiger partial charge in [0.15, 0.2) is 0 Å². The van der Waals surface area contributed by atoms with Gasteiger partial charge in [0.2, 0.25) is 15.9 Å². The molecule has 1 aliphatic rings. The minimum atomic E-state index is -3.77. The molecule has 1 N–H and O–H groups in total. The summed E-state index contributed by atoms with van der Waals surface area (Å²) in [6, 6.07) is 13.9. The molecule has 0 saturated heterocycles. The molecular weight excluding hydrogens is 412 g/mol. The zero-order valence-electron chi connectivity index (χ0n) is 18.5. The maximum Gasteiger partial charge on any atom is 0.243 e. The number of hydrogen-bond donors (Lipinski definition) is 1. The maximum atomic E-state index is 13.4. The minimum Gasteiger partial charge on any atom is -0.497 e. The third-order valence-corrected chi connectivity index (χ3v) is 7.81. The second kappa shape index (κ2) is 10.3. The van der Waals surface area contributed by atoms with E-state index in [2.05, 4.69) is 5.32 Å². The lowest BCUT2D eigenvalue weighted by atomic mass is 9.95. The van der Waals surface area contributed by atoms with Crippen LogP contribution in [0.5, 0.6) is 5.75 Å². The summed E-state index contributed by atoms with van der Waals surface area (Å²) in [6.07, 6.45) is 4.64. The summed E-state index contributed by atoms with van der Waals surface area (Å²) in [5.74, 6) is 0.444. The van der Waals surface area contributed by atoms with Gasteiger partial charge in [0, 0.05) is 6.04 Å². The first-order valence-electron chi connectivity index (χ1n) is 10.8. The third-order valence-electron chi connectivity index (χ3n) is 5.90. The van der Waals surface area contributed by atoms with Crippen LogP contribution in [0.25, 0.3) is 0 Å². The first kappa shape index (κ1) is 23.3. The van der Waals surface area contributed by atoms with Gasteiger partial charge in [0.1, 0.15) is 5.75 Å².